The predicted molar refractivity (Wildman–Crippen MR) is 138 cm³/mol. The average Bonchev–Trinajstić information content (AvgIpc) is 2.81. The van der Waals surface area contributed by atoms with Gasteiger partial charge in [0.05, 0.1) is 17.9 Å². The number of carbonyl (C=O) groups excluding carboxylic acids is 3. The Balaban J connectivity index is 1.45. The van der Waals surface area contributed by atoms with Gasteiger partial charge in [0.2, 0.25) is 0 Å². The largest absolute Gasteiger partial charge is 0.456 e. The van der Waals surface area contributed by atoms with Crippen LogP contribution in [0.1, 0.15) is 38.1 Å². The molecule has 0 saturated carbocycles. The highest BCUT2D eigenvalue weighted by molar-refractivity contribution is 6.00. The second kappa shape index (κ2) is 12.1. The number of alkyl carbamates (subject to hydrolysis) is 1. The maximum Gasteiger partial charge on any atom is 0.411 e. The average molecular weight is 512 g/mol. The normalized spacial score (nSPS) is 11.8. The van der Waals surface area contributed by atoms with Crippen LogP contribution in [-0.2, 0) is 14.2 Å². The fraction of sp³-hybridized carbons (Fsp3) is 0.296. The number of benzene rings is 3. The molecule has 10 heteroatoms. The van der Waals surface area contributed by atoms with E-state index in [1.54, 1.807) is 26.8 Å². The summed E-state index contributed by atoms with van der Waals surface area (Å²) in [7, 11) is 0. The molecule has 1 atom stereocenters. The summed E-state index contributed by atoms with van der Waals surface area (Å²) >= 11 is 0. The highest BCUT2D eigenvalue weighted by atomic mass is 19.1. The number of esters is 1. The molecule has 0 aliphatic heterocycles. The zero-order chi connectivity index (χ0) is 27.0. The highest BCUT2D eigenvalue weighted by Gasteiger charge is 2.24. The number of carbonyl (C=O) groups is 3. The molecule has 2 amide bonds. The number of rotatable bonds is 8. The lowest BCUT2D eigenvalue weighted by Gasteiger charge is -2.22. The lowest BCUT2D eigenvalue weighted by atomic mass is 10.1. The molecular formula is C27H30FN3O6. The number of amides is 2. The molecule has 3 rings (SSSR count). The van der Waals surface area contributed by atoms with Crippen molar-refractivity contribution in [1.29, 1.82) is 0 Å². The Kier molecular flexibility index (Phi) is 8.89. The first-order chi connectivity index (χ1) is 17.5. The molecule has 0 fully saturated rings. The van der Waals surface area contributed by atoms with E-state index in [9.17, 15) is 18.8 Å². The Labute approximate surface area is 214 Å². The Morgan fingerprint density at radius 2 is 1.59 bits per heavy atom. The van der Waals surface area contributed by atoms with Crippen molar-refractivity contribution < 1.29 is 33.0 Å². The minimum atomic E-state index is -0.918. The van der Waals surface area contributed by atoms with E-state index in [1.165, 1.54) is 19.1 Å². The third kappa shape index (κ3) is 8.09. The third-order valence-electron chi connectivity index (χ3n) is 4.89. The summed E-state index contributed by atoms with van der Waals surface area (Å²) < 4.78 is 29.9. The first-order valence-electron chi connectivity index (χ1n) is 11.7. The zero-order valence-electron chi connectivity index (χ0n) is 21.1. The van der Waals surface area contributed by atoms with Crippen LogP contribution in [0, 0.1) is 5.82 Å². The smallest absolute Gasteiger partial charge is 0.411 e. The Morgan fingerprint density at radius 1 is 0.919 bits per heavy atom. The fourth-order valence-corrected chi connectivity index (χ4v) is 3.41. The zero-order valence-corrected chi connectivity index (χ0v) is 21.1. The monoisotopic (exact) mass is 511 g/mol. The molecule has 9 nitrogen and oxygen atoms in total. The van der Waals surface area contributed by atoms with Crippen LogP contribution in [0.5, 0.6) is 0 Å². The SMILES string of the molecule is CC(Nc1cccc(F)c1C(=O)OC(C)(C)C)OC(=O)NCCOC(=O)Nc1cccc2ccccc12. The number of ether oxygens (including phenoxy) is 3. The van der Waals surface area contributed by atoms with Gasteiger partial charge in [-0.1, -0.05) is 42.5 Å². The van der Waals surface area contributed by atoms with Crippen molar-refractivity contribution in [1.82, 2.24) is 5.32 Å². The minimum Gasteiger partial charge on any atom is -0.456 e. The van der Waals surface area contributed by atoms with Gasteiger partial charge in [-0.2, -0.15) is 0 Å². The number of nitrogens with one attached hydrogen (secondary N) is 3. The molecule has 3 aromatic rings. The van der Waals surface area contributed by atoms with Crippen LogP contribution in [-0.4, -0.2) is 43.1 Å². The summed E-state index contributed by atoms with van der Waals surface area (Å²) in [5, 5.41) is 9.77. The number of hydrogen-bond donors (Lipinski definition) is 3. The molecule has 1 unspecified atom stereocenters. The van der Waals surface area contributed by atoms with Crippen LogP contribution in [0.25, 0.3) is 10.8 Å². The van der Waals surface area contributed by atoms with E-state index in [1.807, 2.05) is 36.4 Å². The van der Waals surface area contributed by atoms with E-state index in [0.717, 1.165) is 16.8 Å². The molecule has 0 aromatic heterocycles. The molecule has 3 aromatic carbocycles. The number of anilines is 2. The minimum absolute atomic E-state index is 0.00235. The van der Waals surface area contributed by atoms with E-state index in [-0.39, 0.29) is 24.4 Å². The highest BCUT2D eigenvalue weighted by Crippen LogP contribution is 2.24. The molecule has 0 heterocycles. The van der Waals surface area contributed by atoms with Gasteiger partial charge in [0.15, 0.2) is 6.23 Å². The van der Waals surface area contributed by atoms with E-state index < -0.39 is 35.8 Å². The van der Waals surface area contributed by atoms with Crippen molar-refractivity contribution >= 4 is 40.3 Å². The summed E-state index contributed by atoms with van der Waals surface area (Å²) in [5.74, 6) is -1.61. The van der Waals surface area contributed by atoms with Crippen molar-refractivity contribution in [3.05, 3.63) is 72.0 Å². The molecule has 37 heavy (non-hydrogen) atoms. The predicted octanol–water partition coefficient (Wildman–Crippen LogP) is 5.67. The maximum absolute atomic E-state index is 14.4. The second-order valence-electron chi connectivity index (χ2n) is 9.07. The van der Waals surface area contributed by atoms with Gasteiger partial charge in [0, 0.05) is 5.39 Å². The van der Waals surface area contributed by atoms with Gasteiger partial charge in [-0.05, 0) is 51.3 Å². The topological polar surface area (TPSA) is 115 Å². The summed E-state index contributed by atoms with van der Waals surface area (Å²) in [4.78, 5) is 36.7. The Hall–Kier alpha value is -4.34. The summed E-state index contributed by atoms with van der Waals surface area (Å²) in [6, 6.07) is 17.2. The molecular weight excluding hydrogens is 481 g/mol. The van der Waals surface area contributed by atoms with Crippen LogP contribution in [0.15, 0.2) is 60.7 Å². The molecule has 0 bridgehead atoms. The molecule has 0 aliphatic rings. The molecule has 0 aliphatic carbocycles. The first kappa shape index (κ1) is 27.3. The molecule has 3 N–H and O–H groups in total. The van der Waals surface area contributed by atoms with Gasteiger partial charge >= 0.3 is 18.2 Å². The first-order valence-corrected chi connectivity index (χ1v) is 11.7. The summed E-state index contributed by atoms with van der Waals surface area (Å²) in [6.07, 6.45) is -2.38. The van der Waals surface area contributed by atoms with E-state index >= 15 is 0 Å². The lowest BCUT2D eigenvalue weighted by molar-refractivity contribution is 0.00657. The number of fused-ring (bicyclic) bond motifs is 1. The summed E-state index contributed by atoms with van der Waals surface area (Å²) in [6.45, 7) is 6.43. The second-order valence-corrected chi connectivity index (χ2v) is 9.07. The van der Waals surface area contributed by atoms with Crippen LogP contribution >= 0.6 is 0 Å². The van der Waals surface area contributed by atoms with Gasteiger partial charge in [-0.25, -0.2) is 18.8 Å². The lowest BCUT2D eigenvalue weighted by Crippen LogP contribution is -2.34. The van der Waals surface area contributed by atoms with E-state index in [0.29, 0.717) is 5.69 Å². The van der Waals surface area contributed by atoms with Gasteiger partial charge in [0.25, 0.3) is 0 Å². The van der Waals surface area contributed by atoms with Gasteiger partial charge in [-0.3, -0.25) is 5.32 Å². The Bertz CT molecular complexity index is 1270. The van der Waals surface area contributed by atoms with E-state index in [4.69, 9.17) is 14.2 Å². The maximum atomic E-state index is 14.4. The van der Waals surface area contributed by atoms with Crippen molar-refractivity contribution in [3.8, 4) is 0 Å². The fourth-order valence-electron chi connectivity index (χ4n) is 3.41. The molecule has 0 radical (unpaired) electrons. The Morgan fingerprint density at radius 3 is 2.35 bits per heavy atom. The standard InChI is InChI=1S/C27H30FN3O6/c1-17(30-22-14-8-12-20(28)23(22)24(32)37-27(2,3)4)36-25(33)29-15-16-35-26(34)31-21-13-7-10-18-9-5-6-11-19(18)21/h5-14,17,30H,15-16H2,1-4H3,(H,29,33)(H,31,34). The molecule has 0 spiro atoms. The van der Waals surface area contributed by atoms with E-state index in [2.05, 4.69) is 16.0 Å². The number of hydrogen-bond acceptors (Lipinski definition) is 7. The van der Waals surface area contributed by atoms with Crippen molar-refractivity contribution in [2.45, 2.75) is 39.5 Å². The van der Waals surface area contributed by atoms with Crippen molar-refractivity contribution in [3.63, 3.8) is 0 Å². The van der Waals surface area contributed by atoms with Crippen molar-refractivity contribution in [2.24, 2.45) is 0 Å². The van der Waals surface area contributed by atoms with Crippen LogP contribution in [0.4, 0.5) is 25.4 Å². The van der Waals surface area contributed by atoms with Gasteiger partial charge in [0.1, 0.15) is 23.6 Å². The van der Waals surface area contributed by atoms with Gasteiger partial charge in [-0.15, -0.1) is 0 Å². The quantitative estimate of drug-likeness (QED) is 0.155. The van der Waals surface area contributed by atoms with Crippen LogP contribution < -0.4 is 16.0 Å². The number of halogens is 1. The van der Waals surface area contributed by atoms with Crippen LogP contribution in [0.2, 0.25) is 0 Å². The molecule has 196 valence electrons. The third-order valence-corrected chi connectivity index (χ3v) is 4.89. The van der Waals surface area contributed by atoms with Crippen LogP contribution in [0.3, 0.4) is 0 Å². The van der Waals surface area contributed by atoms with Gasteiger partial charge < -0.3 is 24.8 Å². The molecule has 0 saturated heterocycles. The summed E-state index contributed by atoms with van der Waals surface area (Å²) in [5.41, 5.74) is -0.382. The van der Waals surface area contributed by atoms with Crippen molar-refractivity contribution in [2.75, 3.05) is 23.8 Å².